The molecule has 2 atom stereocenters. The standard InChI is InChI=1S/C18H28FN3O/c1-4-8-20-18(23)15(3)22-11-9-21(10-12-22)14(2)16-6-5-7-17(19)13-16/h5-7,13-15H,4,8-12H2,1-3H3,(H,20,23)/t14-,15+/m1/s1. The lowest BCUT2D eigenvalue weighted by atomic mass is 10.1. The topological polar surface area (TPSA) is 35.6 Å². The van der Waals surface area contributed by atoms with Crippen LogP contribution < -0.4 is 5.32 Å². The molecule has 0 bridgehead atoms. The molecule has 1 aromatic rings. The van der Waals surface area contributed by atoms with E-state index in [9.17, 15) is 9.18 Å². The van der Waals surface area contributed by atoms with Crippen LogP contribution in [0.3, 0.4) is 0 Å². The molecule has 1 heterocycles. The molecule has 23 heavy (non-hydrogen) atoms. The van der Waals surface area contributed by atoms with E-state index in [1.54, 1.807) is 12.1 Å². The summed E-state index contributed by atoms with van der Waals surface area (Å²) in [5.74, 6) is -0.0762. The molecule has 0 saturated carbocycles. The fraction of sp³-hybridized carbons (Fsp3) is 0.611. The summed E-state index contributed by atoms with van der Waals surface area (Å²) in [5, 5.41) is 2.96. The van der Waals surface area contributed by atoms with E-state index < -0.39 is 0 Å². The average molecular weight is 321 g/mol. The lowest BCUT2D eigenvalue weighted by molar-refractivity contribution is -0.126. The van der Waals surface area contributed by atoms with E-state index in [2.05, 4.69) is 29.0 Å². The van der Waals surface area contributed by atoms with E-state index in [1.165, 1.54) is 6.07 Å². The lowest BCUT2D eigenvalue weighted by Crippen LogP contribution is -2.54. The second kappa shape index (κ2) is 8.41. The van der Waals surface area contributed by atoms with Crippen LogP contribution in [-0.4, -0.2) is 54.5 Å². The van der Waals surface area contributed by atoms with Crippen molar-refractivity contribution in [1.82, 2.24) is 15.1 Å². The number of piperazine rings is 1. The van der Waals surface area contributed by atoms with Gasteiger partial charge in [-0.3, -0.25) is 14.6 Å². The van der Waals surface area contributed by atoms with Crippen LogP contribution in [-0.2, 0) is 4.79 Å². The van der Waals surface area contributed by atoms with E-state index in [0.717, 1.165) is 44.7 Å². The molecule has 1 saturated heterocycles. The quantitative estimate of drug-likeness (QED) is 0.874. The van der Waals surface area contributed by atoms with Gasteiger partial charge in [-0.2, -0.15) is 0 Å². The number of benzene rings is 1. The SMILES string of the molecule is CCCNC(=O)[C@H](C)N1CCN([C@H](C)c2cccc(F)c2)CC1. The molecule has 1 aliphatic rings. The third kappa shape index (κ3) is 4.75. The summed E-state index contributed by atoms with van der Waals surface area (Å²) >= 11 is 0. The first kappa shape index (κ1) is 17.9. The van der Waals surface area contributed by atoms with Crippen molar-refractivity contribution >= 4 is 5.91 Å². The monoisotopic (exact) mass is 321 g/mol. The molecule has 4 nitrogen and oxygen atoms in total. The third-order valence-corrected chi connectivity index (χ3v) is 4.70. The van der Waals surface area contributed by atoms with Crippen LogP contribution in [0.2, 0.25) is 0 Å². The Labute approximate surface area is 138 Å². The van der Waals surface area contributed by atoms with Gasteiger partial charge in [-0.1, -0.05) is 19.1 Å². The molecule has 1 amide bonds. The zero-order valence-electron chi connectivity index (χ0n) is 14.4. The molecule has 0 aliphatic carbocycles. The first-order valence-corrected chi connectivity index (χ1v) is 8.54. The van der Waals surface area contributed by atoms with Crippen molar-refractivity contribution < 1.29 is 9.18 Å². The zero-order valence-corrected chi connectivity index (χ0v) is 14.4. The normalized spacial score (nSPS) is 19.3. The Bertz CT molecular complexity index is 515. The van der Waals surface area contributed by atoms with Gasteiger partial charge < -0.3 is 5.32 Å². The molecule has 1 aliphatic heterocycles. The van der Waals surface area contributed by atoms with Crippen LogP contribution in [0.1, 0.15) is 38.8 Å². The highest BCUT2D eigenvalue weighted by Gasteiger charge is 2.27. The van der Waals surface area contributed by atoms with Crippen molar-refractivity contribution in [3.05, 3.63) is 35.6 Å². The molecule has 1 aromatic carbocycles. The van der Waals surface area contributed by atoms with Crippen molar-refractivity contribution in [2.75, 3.05) is 32.7 Å². The number of nitrogens with zero attached hydrogens (tertiary/aromatic N) is 2. The predicted molar refractivity (Wildman–Crippen MR) is 90.7 cm³/mol. The predicted octanol–water partition coefficient (Wildman–Crippen LogP) is 2.42. The van der Waals surface area contributed by atoms with Crippen LogP contribution in [0.5, 0.6) is 0 Å². The summed E-state index contributed by atoms with van der Waals surface area (Å²) < 4.78 is 13.4. The smallest absolute Gasteiger partial charge is 0.237 e. The summed E-state index contributed by atoms with van der Waals surface area (Å²) in [6.07, 6.45) is 0.956. The number of hydrogen-bond acceptors (Lipinski definition) is 3. The van der Waals surface area contributed by atoms with E-state index in [-0.39, 0.29) is 23.8 Å². The summed E-state index contributed by atoms with van der Waals surface area (Å²) in [5.41, 5.74) is 1.01. The number of amides is 1. The highest BCUT2D eigenvalue weighted by Crippen LogP contribution is 2.22. The van der Waals surface area contributed by atoms with Gasteiger partial charge in [-0.25, -0.2) is 4.39 Å². The molecule has 5 heteroatoms. The fourth-order valence-corrected chi connectivity index (χ4v) is 3.05. The summed E-state index contributed by atoms with van der Waals surface area (Å²) in [6, 6.07) is 6.92. The minimum Gasteiger partial charge on any atom is -0.355 e. The molecule has 128 valence electrons. The summed E-state index contributed by atoms with van der Waals surface area (Å²) in [4.78, 5) is 16.6. The summed E-state index contributed by atoms with van der Waals surface area (Å²) in [6.45, 7) is 10.4. The molecular formula is C18H28FN3O. The molecule has 0 spiro atoms. The molecule has 1 fully saturated rings. The third-order valence-electron chi connectivity index (χ3n) is 4.70. The number of halogens is 1. The van der Waals surface area contributed by atoms with Gasteiger partial charge in [-0.05, 0) is 38.0 Å². The Morgan fingerprint density at radius 2 is 1.87 bits per heavy atom. The molecule has 0 radical (unpaired) electrons. The van der Waals surface area contributed by atoms with E-state index in [4.69, 9.17) is 0 Å². The first-order chi connectivity index (χ1) is 11.0. The molecule has 0 unspecified atom stereocenters. The van der Waals surface area contributed by atoms with E-state index >= 15 is 0 Å². The van der Waals surface area contributed by atoms with Gasteiger partial charge in [0.25, 0.3) is 0 Å². The average Bonchev–Trinajstić information content (AvgIpc) is 2.58. The Balaban J connectivity index is 1.87. The number of nitrogens with one attached hydrogen (secondary N) is 1. The molecule has 1 N–H and O–H groups in total. The number of carbonyl (C=O) groups excluding carboxylic acids is 1. The Morgan fingerprint density at radius 3 is 2.48 bits per heavy atom. The number of hydrogen-bond donors (Lipinski definition) is 1. The fourth-order valence-electron chi connectivity index (χ4n) is 3.05. The largest absolute Gasteiger partial charge is 0.355 e. The maximum Gasteiger partial charge on any atom is 0.237 e. The van der Waals surface area contributed by atoms with Crippen molar-refractivity contribution in [2.45, 2.75) is 39.3 Å². The minimum atomic E-state index is -0.186. The second-order valence-electron chi connectivity index (χ2n) is 6.27. The van der Waals surface area contributed by atoms with Crippen LogP contribution >= 0.6 is 0 Å². The number of rotatable bonds is 6. The maximum absolute atomic E-state index is 13.4. The lowest BCUT2D eigenvalue weighted by Gasteiger charge is -2.40. The van der Waals surface area contributed by atoms with Gasteiger partial charge >= 0.3 is 0 Å². The van der Waals surface area contributed by atoms with Crippen molar-refractivity contribution in [2.24, 2.45) is 0 Å². The van der Waals surface area contributed by atoms with Gasteiger partial charge in [-0.15, -0.1) is 0 Å². The van der Waals surface area contributed by atoms with E-state index in [1.807, 2.05) is 13.0 Å². The van der Waals surface area contributed by atoms with Crippen LogP contribution in [0.15, 0.2) is 24.3 Å². The van der Waals surface area contributed by atoms with E-state index in [0.29, 0.717) is 0 Å². The van der Waals surface area contributed by atoms with Gasteiger partial charge in [0.15, 0.2) is 0 Å². The molecule has 0 aromatic heterocycles. The molecule has 2 rings (SSSR count). The highest BCUT2D eigenvalue weighted by atomic mass is 19.1. The van der Waals surface area contributed by atoms with Crippen LogP contribution in [0.25, 0.3) is 0 Å². The zero-order chi connectivity index (χ0) is 16.8. The van der Waals surface area contributed by atoms with Gasteiger partial charge in [0.2, 0.25) is 5.91 Å². The van der Waals surface area contributed by atoms with Gasteiger partial charge in [0.1, 0.15) is 5.82 Å². The maximum atomic E-state index is 13.4. The van der Waals surface area contributed by atoms with Gasteiger partial charge in [0, 0.05) is 38.8 Å². The molecular weight excluding hydrogens is 293 g/mol. The van der Waals surface area contributed by atoms with Crippen LogP contribution in [0, 0.1) is 5.82 Å². The Kier molecular flexibility index (Phi) is 6.54. The van der Waals surface area contributed by atoms with Crippen molar-refractivity contribution in [3.63, 3.8) is 0 Å². The summed E-state index contributed by atoms with van der Waals surface area (Å²) in [7, 11) is 0. The Hall–Kier alpha value is -1.46. The van der Waals surface area contributed by atoms with Crippen molar-refractivity contribution in [1.29, 1.82) is 0 Å². The van der Waals surface area contributed by atoms with Crippen LogP contribution in [0.4, 0.5) is 4.39 Å². The second-order valence-corrected chi connectivity index (χ2v) is 6.27. The van der Waals surface area contributed by atoms with Gasteiger partial charge in [0.05, 0.1) is 6.04 Å². The first-order valence-electron chi connectivity index (χ1n) is 8.54. The number of carbonyl (C=O) groups is 1. The van der Waals surface area contributed by atoms with Crippen molar-refractivity contribution in [3.8, 4) is 0 Å². The Morgan fingerprint density at radius 1 is 1.22 bits per heavy atom. The minimum absolute atomic E-state index is 0.0897. The highest BCUT2D eigenvalue weighted by molar-refractivity contribution is 5.81.